The lowest BCUT2D eigenvalue weighted by atomic mass is 10.00. The van der Waals surface area contributed by atoms with Gasteiger partial charge in [0, 0.05) is 4.90 Å². The van der Waals surface area contributed by atoms with Crippen LogP contribution in [0.15, 0.2) is 33.7 Å². The molecule has 0 saturated heterocycles. The predicted octanol–water partition coefficient (Wildman–Crippen LogP) is 3.40. The third-order valence-electron chi connectivity index (χ3n) is 3.75. The van der Waals surface area contributed by atoms with Gasteiger partial charge in [-0.05, 0) is 31.9 Å². The lowest BCUT2D eigenvalue weighted by Crippen LogP contribution is -2.33. The minimum absolute atomic E-state index is 0.390. The number of aryl methyl sites for hydroxylation is 1. The Morgan fingerprint density at radius 1 is 1.35 bits per heavy atom. The van der Waals surface area contributed by atoms with Crippen molar-refractivity contribution in [2.24, 2.45) is 5.73 Å². The second-order valence-corrected chi connectivity index (χ2v) is 6.53. The highest BCUT2D eigenvalue weighted by Gasteiger charge is 2.36. The van der Waals surface area contributed by atoms with Crippen LogP contribution < -0.4 is 5.73 Å². The molecule has 2 N–H and O–H groups in total. The fraction of sp³-hybridized carbons (Fsp3) is 0.467. The highest BCUT2D eigenvalue weighted by Crippen LogP contribution is 2.35. The molecule has 0 amide bonds. The van der Waals surface area contributed by atoms with E-state index in [0.717, 1.165) is 31.5 Å². The Morgan fingerprint density at radius 2 is 2.15 bits per heavy atom. The maximum absolute atomic E-state index is 6.32. The van der Waals surface area contributed by atoms with E-state index in [0.29, 0.717) is 11.6 Å². The van der Waals surface area contributed by atoms with Gasteiger partial charge in [0.15, 0.2) is 5.82 Å². The summed E-state index contributed by atoms with van der Waals surface area (Å²) < 4.78 is 5.36. The van der Waals surface area contributed by atoms with Gasteiger partial charge >= 0.3 is 0 Å². The van der Waals surface area contributed by atoms with Crippen molar-refractivity contribution in [3.8, 4) is 0 Å². The number of aromatic nitrogens is 2. The molecular formula is C15H19N3OS. The molecule has 3 rings (SSSR count). The average Bonchev–Trinajstić information content (AvgIpc) is 3.06. The lowest BCUT2D eigenvalue weighted by Gasteiger charge is -2.17. The van der Waals surface area contributed by atoms with Gasteiger partial charge in [-0.3, -0.25) is 0 Å². The number of rotatable bonds is 4. The Hall–Kier alpha value is -1.33. The third-order valence-corrected chi connectivity index (χ3v) is 4.74. The summed E-state index contributed by atoms with van der Waals surface area (Å²) in [7, 11) is 0. The van der Waals surface area contributed by atoms with Gasteiger partial charge in [-0.1, -0.05) is 35.7 Å². The van der Waals surface area contributed by atoms with Crippen LogP contribution in [0.25, 0.3) is 0 Å². The van der Waals surface area contributed by atoms with Crippen molar-refractivity contribution in [3.05, 3.63) is 41.5 Å². The Kier molecular flexibility index (Phi) is 3.81. The molecule has 0 unspecified atom stereocenters. The number of hydrogen-bond acceptors (Lipinski definition) is 5. The molecule has 0 radical (unpaired) electrons. The number of nitrogens with two attached hydrogens (primary N) is 1. The van der Waals surface area contributed by atoms with Gasteiger partial charge < -0.3 is 10.3 Å². The minimum Gasteiger partial charge on any atom is -0.337 e. The molecule has 1 aliphatic rings. The number of hydrogen-bond donors (Lipinski definition) is 1. The monoisotopic (exact) mass is 289 g/mol. The average molecular weight is 289 g/mol. The van der Waals surface area contributed by atoms with Crippen molar-refractivity contribution in [3.63, 3.8) is 0 Å². The van der Waals surface area contributed by atoms with Crippen molar-refractivity contribution >= 4 is 11.8 Å². The van der Waals surface area contributed by atoms with Crippen LogP contribution in [0.1, 0.15) is 43.0 Å². The molecule has 0 aliphatic heterocycles. The van der Waals surface area contributed by atoms with Gasteiger partial charge in [-0.2, -0.15) is 4.98 Å². The van der Waals surface area contributed by atoms with E-state index >= 15 is 0 Å². The molecule has 20 heavy (non-hydrogen) atoms. The summed E-state index contributed by atoms with van der Waals surface area (Å²) in [5.74, 6) is 2.04. The van der Waals surface area contributed by atoms with E-state index in [-0.39, 0.29) is 5.54 Å². The molecule has 1 saturated carbocycles. The maximum atomic E-state index is 6.32. The Labute approximate surface area is 123 Å². The summed E-state index contributed by atoms with van der Waals surface area (Å²) in [6, 6.07) is 8.41. The topological polar surface area (TPSA) is 64.9 Å². The fourth-order valence-electron chi connectivity index (χ4n) is 2.59. The van der Waals surface area contributed by atoms with Crippen LogP contribution in [0.3, 0.4) is 0 Å². The fourth-order valence-corrected chi connectivity index (χ4v) is 3.44. The summed E-state index contributed by atoms with van der Waals surface area (Å²) in [5, 5.41) is 4.06. The molecule has 0 spiro atoms. The van der Waals surface area contributed by atoms with Gasteiger partial charge in [0.1, 0.15) is 0 Å². The number of benzene rings is 1. The second kappa shape index (κ2) is 5.58. The first-order valence-electron chi connectivity index (χ1n) is 6.97. The van der Waals surface area contributed by atoms with Crippen molar-refractivity contribution in [2.45, 2.75) is 48.8 Å². The third kappa shape index (κ3) is 2.88. The summed E-state index contributed by atoms with van der Waals surface area (Å²) in [6.45, 7) is 2.09. The molecule has 2 aromatic rings. The first-order chi connectivity index (χ1) is 9.66. The van der Waals surface area contributed by atoms with Gasteiger partial charge in [-0.25, -0.2) is 0 Å². The van der Waals surface area contributed by atoms with Gasteiger partial charge in [0.25, 0.3) is 0 Å². The minimum atomic E-state index is -0.390. The maximum Gasteiger partial charge on any atom is 0.246 e. The van der Waals surface area contributed by atoms with Crippen LogP contribution in [0.4, 0.5) is 0 Å². The van der Waals surface area contributed by atoms with Crippen LogP contribution >= 0.6 is 11.8 Å². The van der Waals surface area contributed by atoms with Gasteiger partial charge in [0.05, 0.1) is 11.3 Å². The van der Waals surface area contributed by atoms with Crippen LogP contribution in [0.5, 0.6) is 0 Å². The molecule has 4 nitrogen and oxygen atoms in total. The quantitative estimate of drug-likeness (QED) is 0.874. The first-order valence-corrected chi connectivity index (χ1v) is 7.96. The van der Waals surface area contributed by atoms with Crippen molar-refractivity contribution in [2.75, 3.05) is 0 Å². The van der Waals surface area contributed by atoms with Crippen molar-refractivity contribution in [1.82, 2.24) is 10.1 Å². The first kappa shape index (κ1) is 13.6. The van der Waals surface area contributed by atoms with Crippen LogP contribution in [-0.4, -0.2) is 10.1 Å². The molecular weight excluding hydrogens is 270 g/mol. The van der Waals surface area contributed by atoms with E-state index in [2.05, 4.69) is 41.3 Å². The molecule has 1 aliphatic carbocycles. The van der Waals surface area contributed by atoms with Crippen molar-refractivity contribution in [1.29, 1.82) is 0 Å². The van der Waals surface area contributed by atoms with E-state index in [1.54, 1.807) is 11.8 Å². The SMILES string of the molecule is Cc1cccc(SCc2noc(C3(N)CCCC3)n2)c1. The van der Waals surface area contributed by atoms with E-state index in [1.807, 2.05) is 0 Å². The highest BCUT2D eigenvalue weighted by atomic mass is 32.2. The standard InChI is InChI=1S/C15H19N3OS/c1-11-5-4-6-12(9-11)20-10-13-17-14(19-18-13)15(16)7-2-3-8-15/h4-6,9H,2-3,7-8,10,16H2,1H3. The number of thioether (sulfide) groups is 1. The molecule has 106 valence electrons. The summed E-state index contributed by atoms with van der Waals surface area (Å²) in [6.07, 6.45) is 4.18. The van der Waals surface area contributed by atoms with E-state index in [1.165, 1.54) is 10.5 Å². The molecule has 5 heteroatoms. The highest BCUT2D eigenvalue weighted by molar-refractivity contribution is 7.98. The molecule has 0 bridgehead atoms. The molecule has 1 heterocycles. The second-order valence-electron chi connectivity index (χ2n) is 5.48. The van der Waals surface area contributed by atoms with E-state index in [4.69, 9.17) is 10.3 Å². The zero-order valence-corrected chi connectivity index (χ0v) is 12.4. The van der Waals surface area contributed by atoms with Crippen molar-refractivity contribution < 1.29 is 4.52 Å². The largest absolute Gasteiger partial charge is 0.337 e. The Morgan fingerprint density at radius 3 is 2.90 bits per heavy atom. The van der Waals surface area contributed by atoms with Crippen LogP contribution in [0, 0.1) is 6.92 Å². The lowest BCUT2D eigenvalue weighted by molar-refractivity contribution is 0.284. The van der Waals surface area contributed by atoms with Gasteiger partial charge in [-0.15, -0.1) is 11.8 Å². The van der Waals surface area contributed by atoms with Gasteiger partial charge in [0.2, 0.25) is 5.89 Å². The van der Waals surface area contributed by atoms with Crippen LogP contribution in [-0.2, 0) is 11.3 Å². The summed E-state index contributed by atoms with van der Waals surface area (Å²) >= 11 is 1.72. The zero-order chi connectivity index (χ0) is 14.0. The smallest absolute Gasteiger partial charge is 0.246 e. The molecule has 1 aromatic heterocycles. The Balaban J connectivity index is 1.65. The summed E-state index contributed by atoms with van der Waals surface area (Å²) in [5.41, 5.74) is 7.19. The Bertz CT molecular complexity index is 590. The summed E-state index contributed by atoms with van der Waals surface area (Å²) in [4.78, 5) is 5.70. The molecule has 1 aromatic carbocycles. The zero-order valence-electron chi connectivity index (χ0n) is 11.6. The molecule has 1 fully saturated rings. The molecule has 0 atom stereocenters. The van der Waals surface area contributed by atoms with E-state index < -0.39 is 0 Å². The van der Waals surface area contributed by atoms with Crippen LogP contribution in [0.2, 0.25) is 0 Å². The van der Waals surface area contributed by atoms with E-state index in [9.17, 15) is 0 Å². The predicted molar refractivity (Wildman–Crippen MR) is 79.4 cm³/mol. The number of nitrogens with zero attached hydrogens (tertiary/aromatic N) is 2. The normalized spacial score (nSPS) is 17.5.